The summed E-state index contributed by atoms with van der Waals surface area (Å²) in [5.41, 5.74) is 28.0. The first-order valence-corrected chi connectivity index (χ1v) is 7.20. The van der Waals surface area contributed by atoms with Crippen molar-refractivity contribution in [2.75, 3.05) is 7.11 Å². The SMILES string of the molecule is CO[C@H]1C[C@H](O)O[C@@H](C)[C@@H]1OC1O[C@H](N)C(N)(N)[C@H](N)[C@H]1N. The molecule has 0 spiro atoms. The summed E-state index contributed by atoms with van der Waals surface area (Å²) in [6.07, 6.45) is -3.90. The Kier molecular flexibility index (Phi) is 5.39. The van der Waals surface area contributed by atoms with Crippen LogP contribution in [0.15, 0.2) is 0 Å². The highest BCUT2D eigenvalue weighted by molar-refractivity contribution is 5.04. The Hall–Kier alpha value is -0.400. The lowest BCUT2D eigenvalue weighted by atomic mass is 9.91. The van der Waals surface area contributed by atoms with Gasteiger partial charge >= 0.3 is 0 Å². The van der Waals surface area contributed by atoms with Crippen LogP contribution >= 0.6 is 0 Å². The smallest absolute Gasteiger partial charge is 0.177 e. The molecule has 0 radical (unpaired) electrons. The van der Waals surface area contributed by atoms with Crippen molar-refractivity contribution in [2.45, 2.75) is 68.2 Å². The molecule has 0 aromatic heterocycles. The van der Waals surface area contributed by atoms with E-state index in [0.717, 1.165) is 0 Å². The summed E-state index contributed by atoms with van der Waals surface area (Å²) < 4.78 is 22.0. The number of ether oxygens (including phenoxy) is 4. The minimum atomic E-state index is -1.45. The standard InChI is InChI=1S/C12H27N5O5/c1-4-8(5(19-2)3-6(18)20-4)21-10-7(13)9(14)12(16,17)11(15)22-10/h4-11,18H,3,13-17H2,1-2H3/t4-,5-,6+,7+,8-,9+,10?,11-/m0/s1. The van der Waals surface area contributed by atoms with E-state index in [-0.39, 0.29) is 12.5 Å². The molecule has 1 unspecified atom stereocenters. The zero-order valence-electron chi connectivity index (χ0n) is 12.8. The first-order valence-electron chi connectivity index (χ1n) is 7.20. The number of methoxy groups -OCH3 is 1. The number of nitrogens with two attached hydrogens (primary N) is 5. The van der Waals surface area contributed by atoms with Gasteiger partial charge < -0.3 is 52.7 Å². The summed E-state index contributed by atoms with van der Waals surface area (Å²) in [5, 5.41) is 9.62. The fraction of sp³-hybridized carbons (Fsp3) is 1.00. The van der Waals surface area contributed by atoms with Crippen LogP contribution in [-0.4, -0.2) is 67.1 Å². The van der Waals surface area contributed by atoms with Gasteiger partial charge in [-0.2, -0.15) is 0 Å². The molecule has 0 amide bonds. The van der Waals surface area contributed by atoms with Crippen molar-refractivity contribution in [3.05, 3.63) is 0 Å². The van der Waals surface area contributed by atoms with Gasteiger partial charge in [-0.15, -0.1) is 0 Å². The Bertz CT molecular complexity index is 387. The lowest BCUT2D eigenvalue weighted by Gasteiger charge is -2.49. The number of rotatable bonds is 3. The first kappa shape index (κ1) is 17.9. The van der Waals surface area contributed by atoms with Crippen molar-refractivity contribution in [1.82, 2.24) is 0 Å². The predicted molar refractivity (Wildman–Crippen MR) is 76.7 cm³/mol. The first-order chi connectivity index (χ1) is 10.2. The second kappa shape index (κ2) is 6.61. The zero-order valence-corrected chi connectivity index (χ0v) is 12.8. The number of hydrogen-bond acceptors (Lipinski definition) is 10. The average Bonchev–Trinajstić information content (AvgIpc) is 2.45. The molecule has 0 aromatic carbocycles. The average molecular weight is 321 g/mol. The third-order valence-electron chi connectivity index (χ3n) is 4.31. The Balaban J connectivity index is 2.09. The quantitative estimate of drug-likeness (QED) is 0.284. The molecule has 2 aliphatic rings. The van der Waals surface area contributed by atoms with E-state index >= 15 is 0 Å². The minimum Gasteiger partial charge on any atom is -0.378 e. The molecule has 11 N–H and O–H groups in total. The van der Waals surface area contributed by atoms with Crippen LogP contribution in [0.3, 0.4) is 0 Å². The highest BCUT2D eigenvalue weighted by Crippen LogP contribution is 2.28. The van der Waals surface area contributed by atoms with Gasteiger partial charge in [0.05, 0.1) is 24.3 Å². The summed E-state index contributed by atoms with van der Waals surface area (Å²) in [7, 11) is 1.52. The van der Waals surface area contributed by atoms with Crippen LogP contribution in [0.25, 0.3) is 0 Å². The third kappa shape index (κ3) is 3.26. The van der Waals surface area contributed by atoms with Gasteiger partial charge in [-0.3, -0.25) is 0 Å². The molecule has 130 valence electrons. The predicted octanol–water partition coefficient (Wildman–Crippen LogP) is -3.58. The fourth-order valence-electron chi connectivity index (χ4n) is 2.77. The maximum Gasteiger partial charge on any atom is 0.177 e. The largest absolute Gasteiger partial charge is 0.378 e. The number of hydrogen-bond donors (Lipinski definition) is 6. The van der Waals surface area contributed by atoms with Crippen molar-refractivity contribution in [3.8, 4) is 0 Å². The summed E-state index contributed by atoms with van der Waals surface area (Å²) in [5.74, 6) is 0. The van der Waals surface area contributed by atoms with E-state index in [4.69, 9.17) is 47.6 Å². The Morgan fingerprint density at radius 2 is 1.82 bits per heavy atom. The molecule has 2 rings (SSSR count). The Morgan fingerprint density at radius 1 is 1.18 bits per heavy atom. The van der Waals surface area contributed by atoms with Crippen molar-refractivity contribution in [2.24, 2.45) is 28.7 Å². The molecule has 0 bridgehead atoms. The van der Waals surface area contributed by atoms with Crippen LogP contribution in [0.1, 0.15) is 13.3 Å². The molecule has 0 aliphatic carbocycles. The fourth-order valence-corrected chi connectivity index (χ4v) is 2.77. The topological polar surface area (TPSA) is 187 Å². The monoisotopic (exact) mass is 321 g/mol. The van der Waals surface area contributed by atoms with E-state index < -0.39 is 48.8 Å². The van der Waals surface area contributed by atoms with Crippen molar-refractivity contribution >= 4 is 0 Å². The molecule has 10 nitrogen and oxygen atoms in total. The van der Waals surface area contributed by atoms with E-state index in [9.17, 15) is 5.11 Å². The molecule has 2 saturated heterocycles. The van der Waals surface area contributed by atoms with Gasteiger partial charge in [0.15, 0.2) is 12.6 Å². The van der Waals surface area contributed by atoms with Crippen LogP contribution in [0.5, 0.6) is 0 Å². The lowest BCUT2D eigenvalue weighted by Crippen LogP contribution is -2.81. The van der Waals surface area contributed by atoms with E-state index in [1.54, 1.807) is 6.92 Å². The summed E-state index contributed by atoms with van der Waals surface area (Å²) in [4.78, 5) is 0. The highest BCUT2D eigenvalue weighted by atomic mass is 16.7. The van der Waals surface area contributed by atoms with Crippen molar-refractivity contribution in [3.63, 3.8) is 0 Å². The van der Waals surface area contributed by atoms with Crippen LogP contribution in [0, 0.1) is 0 Å². The molecule has 8 atom stereocenters. The van der Waals surface area contributed by atoms with Gasteiger partial charge in [-0.25, -0.2) is 0 Å². The summed E-state index contributed by atoms with van der Waals surface area (Å²) >= 11 is 0. The molecule has 10 heteroatoms. The van der Waals surface area contributed by atoms with E-state index in [1.807, 2.05) is 0 Å². The molecule has 2 fully saturated rings. The van der Waals surface area contributed by atoms with Gasteiger partial charge in [0.1, 0.15) is 18.0 Å². The van der Waals surface area contributed by atoms with Crippen LogP contribution < -0.4 is 28.7 Å². The van der Waals surface area contributed by atoms with E-state index in [2.05, 4.69) is 0 Å². The Labute approximate surface area is 129 Å². The molecular weight excluding hydrogens is 294 g/mol. The van der Waals surface area contributed by atoms with Crippen LogP contribution in [0.2, 0.25) is 0 Å². The molecule has 0 aromatic rings. The maximum atomic E-state index is 9.62. The molecule has 22 heavy (non-hydrogen) atoms. The minimum absolute atomic E-state index is 0.267. The van der Waals surface area contributed by atoms with Crippen LogP contribution in [0.4, 0.5) is 0 Å². The van der Waals surface area contributed by atoms with E-state index in [0.29, 0.717) is 0 Å². The molecule has 2 aliphatic heterocycles. The molecule has 0 saturated carbocycles. The van der Waals surface area contributed by atoms with Crippen molar-refractivity contribution in [1.29, 1.82) is 0 Å². The van der Waals surface area contributed by atoms with Gasteiger partial charge in [-0.1, -0.05) is 0 Å². The molecular formula is C12H27N5O5. The zero-order chi connectivity index (χ0) is 16.7. The van der Waals surface area contributed by atoms with Gasteiger partial charge in [0.2, 0.25) is 0 Å². The van der Waals surface area contributed by atoms with Gasteiger partial charge in [-0.05, 0) is 6.92 Å². The van der Waals surface area contributed by atoms with Crippen molar-refractivity contribution < 1.29 is 24.1 Å². The number of aliphatic hydroxyl groups is 1. The lowest BCUT2D eigenvalue weighted by molar-refractivity contribution is -0.303. The van der Waals surface area contributed by atoms with Crippen LogP contribution in [-0.2, 0) is 18.9 Å². The van der Waals surface area contributed by atoms with Gasteiger partial charge in [0.25, 0.3) is 0 Å². The maximum absolute atomic E-state index is 9.62. The highest BCUT2D eigenvalue weighted by Gasteiger charge is 2.50. The Morgan fingerprint density at radius 3 is 2.41 bits per heavy atom. The van der Waals surface area contributed by atoms with Gasteiger partial charge in [0, 0.05) is 13.5 Å². The van der Waals surface area contributed by atoms with E-state index in [1.165, 1.54) is 7.11 Å². The third-order valence-corrected chi connectivity index (χ3v) is 4.31. The second-order valence-electron chi connectivity index (χ2n) is 5.93. The summed E-state index contributed by atoms with van der Waals surface area (Å²) in [6.45, 7) is 1.75. The number of aliphatic hydroxyl groups excluding tert-OH is 1. The normalized spacial score (nSPS) is 49.1. The molecule has 2 heterocycles. The second-order valence-corrected chi connectivity index (χ2v) is 5.93. The summed E-state index contributed by atoms with van der Waals surface area (Å²) in [6, 6.07) is -1.58.